The fraction of sp³-hybridized carbons (Fsp3) is 0.0800. The number of aromatic nitrogens is 2. The highest BCUT2D eigenvalue weighted by molar-refractivity contribution is 6.32. The Morgan fingerprint density at radius 1 is 0.969 bits per heavy atom. The SMILES string of the molecule is Cc1nn(-c2ccccc2)c(Cl)c1/C=N\NC(=O)C(O)(c1ccccc1)c1ccccc1. The molecule has 2 N–H and O–H groups in total. The molecule has 0 radical (unpaired) electrons. The minimum atomic E-state index is -1.91. The molecular weight excluding hydrogens is 424 g/mol. The lowest BCUT2D eigenvalue weighted by Gasteiger charge is -2.27. The van der Waals surface area contributed by atoms with Crippen LogP contribution < -0.4 is 5.43 Å². The maximum Gasteiger partial charge on any atom is 0.281 e. The van der Waals surface area contributed by atoms with Crippen molar-refractivity contribution < 1.29 is 9.90 Å². The summed E-state index contributed by atoms with van der Waals surface area (Å²) in [7, 11) is 0. The standard InChI is InChI=1S/C25H21ClN4O2/c1-18-22(23(26)30(29-18)21-15-9-4-10-16-21)17-27-28-24(31)25(32,19-11-5-2-6-12-19)20-13-7-3-8-14-20/h2-17,32H,1H3,(H,28,31)/b27-17-. The largest absolute Gasteiger partial charge is 0.372 e. The molecule has 0 aliphatic heterocycles. The van der Waals surface area contributed by atoms with E-state index in [0.717, 1.165) is 5.69 Å². The van der Waals surface area contributed by atoms with Crippen LogP contribution in [0.5, 0.6) is 0 Å². The number of carbonyl (C=O) groups excluding carboxylic acids is 1. The molecule has 0 fully saturated rings. The van der Waals surface area contributed by atoms with Crippen molar-refractivity contribution in [2.45, 2.75) is 12.5 Å². The predicted octanol–water partition coefficient (Wildman–Crippen LogP) is 4.22. The first-order valence-corrected chi connectivity index (χ1v) is 10.4. The number of hydrogen-bond donors (Lipinski definition) is 2. The van der Waals surface area contributed by atoms with Crippen LogP contribution in [0, 0.1) is 6.92 Å². The van der Waals surface area contributed by atoms with E-state index in [0.29, 0.717) is 27.5 Å². The summed E-state index contributed by atoms with van der Waals surface area (Å²) in [5.41, 5.74) is 3.45. The van der Waals surface area contributed by atoms with Gasteiger partial charge in [-0.15, -0.1) is 0 Å². The van der Waals surface area contributed by atoms with Crippen LogP contribution in [0.3, 0.4) is 0 Å². The number of aliphatic hydroxyl groups is 1. The van der Waals surface area contributed by atoms with Crippen LogP contribution in [-0.4, -0.2) is 27.0 Å². The molecule has 4 rings (SSSR count). The Morgan fingerprint density at radius 2 is 1.47 bits per heavy atom. The summed E-state index contributed by atoms with van der Waals surface area (Å²) in [6, 6.07) is 27.0. The zero-order chi connectivity index (χ0) is 22.6. The fourth-order valence-corrected chi connectivity index (χ4v) is 3.74. The van der Waals surface area contributed by atoms with E-state index < -0.39 is 11.5 Å². The van der Waals surface area contributed by atoms with Gasteiger partial charge in [0.2, 0.25) is 0 Å². The Hall–Kier alpha value is -3.74. The number of carbonyl (C=O) groups is 1. The molecule has 0 saturated carbocycles. The van der Waals surface area contributed by atoms with Crippen molar-refractivity contribution in [3.05, 3.63) is 119 Å². The summed E-state index contributed by atoms with van der Waals surface area (Å²) in [5, 5.41) is 20.3. The number of nitrogens with one attached hydrogen (secondary N) is 1. The normalized spacial score (nSPS) is 11.6. The second-order valence-corrected chi connectivity index (χ2v) is 7.54. The number of hydrazone groups is 1. The fourth-order valence-electron chi connectivity index (χ4n) is 3.42. The molecule has 0 atom stereocenters. The molecule has 1 aromatic heterocycles. The Balaban J connectivity index is 1.62. The number of para-hydroxylation sites is 1. The second-order valence-electron chi connectivity index (χ2n) is 7.18. The number of aryl methyl sites for hydroxylation is 1. The topological polar surface area (TPSA) is 79.5 Å². The van der Waals surface area contributed by atoms with E-state index in [9.17, 15) is 9.90 Å². The van der Waals surface area contributed by atoms with Crippen molar-refractivity contribution in [2.75, 3.05) is 0 Å². The van der Waals surface area contributed by atoms with Gasteiger partial charge in [0.1, 0.15) is 5.15 Å². The first-order chi connectivity index (χ1) is 15.5. The van der Waals surface area contributed by atoms with Crippen LogP contribution in [0.25, 0.3) is 5.69 Å². The average Bonchev–Trinajstić information content (AvgIpc) is 3.13. The first kappa shape index (κ1) is 21.5. The molecule has 32 heavy (non-hydrogen) atoms. The van der Waals surface area contributed by atoms with Crippen LogP contribution >= 0.6 is 11.6 Å². The highest BCUT2D eigenvalue weighted by atomic mass is 35.5. The molecule has 1 heterocycles. The van der Waals surface area contributed by atoms with E-state index in [4.69, 9.17) is 11.6 Å². The van der Waals surface area contributed by atoms with Gasteiger partial charge in [0.25, 0.3) is 5.91 Å². The molecule has 0 unspecified atom stereocenters. The third-order valence-corrected chi connectivity index (χ3v) is 5.48. The van der Waals surface area contributed by atoms with E-state index in [1.165, 1.54) is 6.21 Å². The van der Waals surface area contributed by atoms with Crippen molar-refractivity contribution in [1.29, 1.82) is 0 Å². The highest BCUT2D eigenvalue weighted by Crippen LogP contribution is 2.30. The van der Waals surface area contributed by atoms with Crippen LogP contribution in [0.15, 0.2) is 96.1 Å². The number of hydrogen-bond acceptors (Lipinski definition) is 4. The van der Waals surface area contributed by atoms with Crippen molar-refractivity contribution in [3.8, 4) is 5.69 Å². The Bertz CT molecular complexity index is 1200. The number of nitrogens with zero attached hydrogens (tertiary/aromatic N) is 3. The average molecular weight is 445 g/mol. The summed E-state index contributed by atoms with van der Waals surface area (Å²) in [4.78, 5) is 13.1. The quantitative estimate of drug-likeness (QED) is 0.345. The van der Waals surface area contributed by atoms with Crippen LogP contribution in [0.2, 0.25) is 5.15 Å². The highest BCUT2D eigenvalue weighted by Gasteiger charge is 2.39. The molecule has 0 saturated heterocycles. The summed E-state index contributed by atoms with van der Waals surface area (Å²) in [6.07, 6.45) is 1.43. The molecule has 0 bridgehead atoms. The predicted molar refractivity (Wildman–Crippen MR) is 125 cm³/mol. The summed E-state index contributed by atoms with van der Waals surface area (Å²) in [5.74, 6) is -0.685. The second kappa shape index (κ2) is 9.18. The van der Waals surface area contributed by atoms with Crippen LogP contribution in [0.1, 0.15) is 22.4 Å². The van der Waals surface area contributed by atoms with Gasteiger partial charge in [-0.3, -0.25) is 4.79 Å². The molecule has 7 heteroatoms. The van der Waals surface area contributed by atoms with Crippen molar-refractivity contribution in [2.24, 2.45) is 5.10 Å². The molecule has 0 aliphatic carbocycles. The molecule has 6 nitrogen and oxygen atoms in total. The van der Waals surface area contributed by atoms with E-state index in [1.54, 1.807) is 60.1 Å². The summed E-state index contributed by atoms with van der Waals surface area (Å²) < 4.78 is 1.60. The van der Waals surface area contributed by atoms with Crippen molar-refractivity contribution >= 4 is 23.7 Å². The molecule has 0 aliphatic rings. The zero-order valence-corrected chi connectivity index (χ0v) is 18.1. The molecule has 160 valence electrons. The maximum atomic E-state index is 13.1. The van der Waals surface area contributed by atoms with E-state index in [-0.39, 0.29) is 0 Å². The Kier molecular flexibility index (Phi) is 6.16. The van der Waals surface area contributed by atoms with Gasteiger partial charge in [0, 0.05) is 0 Å². The van der Waals surface area contributed by atoms with Gasteiger partial charge in [0.15, 0.2) is 5.60 Å². The van der Waals surface area contributed by atoms with Gasteiger partial charge >= 0.3 is 0 Å². The van der Waals surface area contributed by atoms with E-state index >= 15 is 0 Å². The van der Waals surface area contributed by atoms with Crippen LogP contribution in [-0.2, 0) is 10.4 Å². The lowest BCUT2D eigenvalue weighted by molar-refractivity contribution is -0.136. The van der Waals surface area contributed by atoms with Gasteiger partial charge in [0.05, 0.1) is 23.2 Å². The van der Waals surface area contributed by atoms with Gasteiger partial charge in [-0.05, 0) is 30.2 Å². The zero-order valence-electron chi connectivity index (χ0n) is 17.3. The Morgan fingerprint density at radius 3 is 2.00 bits per heavy atom. The van der Waals surface area contributed by atoms with E-state index in [1.807, 2.05) is 42.5 Å². The Labute approximate surface area is 190 Å². The molecule has 3 aromatic carbocycles. The van der Waals surface area contributed by atoms with Crippen molar-refractivity contribution in [3.63, 3.8) is 0 Å². The molecule has 1 amide bonds. The maximum absolute atomic E-state index is 13.1. The smallest absolute Gasteiger partial charge is 0.281 e. The molecule has 4 aromatic rings. The number of halogens is 1. The van der Waals surface area contributed by atoms with Gasteiger partial charge in [-0.25, -0.2) is 10.1 Å². The van der Waals surface area contributed by atoms with Gasteiger partial charge in [-0.1, -0.05) is 90.5 Å². The third-order valence-electron chi connectivity index (χ3n) is 5.12. The number of rotatable bonds is 6. The monoisotopic (exact) mass is 444 g/mol. The number of benzene rings is 3. The summed E-state index contributed by atoms with van der Waals surface area (Å²) in [6.45, 7) is 1.80. The van der Waals surface area contributed by atoms with Gasteiger partial charge < -0.3 is 5.11 Å². The minimum absolute atomic E-state index is 0.369. The third kappa shape index (κ3) is 4.06. The van der Waals surface area contributed by atoms with Crippen LogP contribution in [0.4, 0.5) is 0 Å². The minimum Gasteiger partial charge on any atom is -0.372 e. The lowest BCUT2D eigenvalue weighted by Crippen LogP contribution is -2.43. The van der Waals surface area contributed by atoms with E-state index in [2.05, 4.69) is 15.6 Å². The molecular formula is C25H21ClN4O2. The van der Waals surface area contributed by atoms with Gasteiger partial charge in [-0.2, -0.15) is 10.2 Å². The first-order valence-electron chi connectivity index (χ1n) is 9.99. The summed E-state index contributed by atoms with van der Waals surface area (Å²) >= 11 is 6.51. The number of amides is 1. The lowest BCUT2D eigenvalue weighted by atomic mass is 9.85. The van der Waals surface area contributed by atoms with Crippen molar-refractivity contribution in [1.82, 2.24) is 15.2 Å². The molecule has 0 spiro atoms.